The van der Waals surface area contributed by atoms with Crippen LogP contribution in [0, 0.1) is 0 Å². The molecular weight excluding hydrogens is 713 g/mol. The maximum absolute atomic E-state index is 14.7. The molecule has 0 aliphatic heterocycles. The maximum atomic E-state index is 14.7. The lowest BCUT2D eigenvalue weighted by Gasteiger charge is -2.34. The van der Waals surface area contributed by atoms with Crippen LogP contribution in [-0.2, 0) is 32.6 Å². The minimum Gasteiger partial charge on any atom is -0.494 e. The number of ether oxygens (including phenoxy) is 3. The fourth-order valence-corrected chi connectivity index (χ4v) is 7.15. The van der Waals surface area contributed by atoms with Gasteiger partial charge in [0.2, 0.25) is 11.8 Å². The molecule has 0 saturated carbocycles. The fraction of sp³-hybridized carbons (Fsp3) is 0.316. The average Bonchev–Trinajstić information content (AvgIpc) is 3.14. The molecule has 13 heteroatoms. The van der Waals surface area contributed by atoms with E-state index in [0.717, 1.165) is 22.7 Å². The van der Waals surface area contributed by atoms with Gasteiger partial charge >= 0.3 is 0 Å². The number of benzene rings is 4. The van der Waals surface area contributed by atoms with Crippen molar-refractivity contribution >= 4 is 50.7 Å². The first kappa shape index (κ1) is 39.3. The molecule has 0 aliphatic carbocycles. The van der Waals surface area contributed by atoms with Gasteiger partial charge in [-0.3, -0.25) is 13.9 Å². The molecule has 1 N–H and O–H groups in total. The Morgan fingerprint density at radius 1 is 0.824 bits per heavy atom. The van der Waals surface area contributed by atoms with Gasteiger partial charge in [0.25, 0.3) is 10.0 Å². The molecule has 0 fully saturated rings. The van der Waals surface area contributed by atoms with Crippen LogP contribution < -0.4 is 23.8 Å². The molecule has 0 aromatic heterocycles. The number of nitrogens with zero attached hydrogens (tertiary/aromatic N) is 2. The summed E-state index contributed by atoms with van der Waals surface area (Å²) in [6, 6.07) is 23.9. The monoisotopic (exact) mass is 755 g/mol. The molecule has 4 aromatic carbocycles. The quantitative estimate of drug-likeness (QED) is 0.107. The SMILES string of the molecule is CCCCNC(=O)C(Cc1ccccc1)N(Cc1ccc(Cl)c(Cl)c1)C(=O)CN(c1ccc(OCC)cc1)S(=O)(=O)c1ccc(OC)c(OC)c1. The Bertz CT molecular complexity index is 1880. The number of sulfonamides is 1. The number of unbranched alkanes of at least 4 members (excludes halogenated alkanes) is 1. The number of methoxy groups -OCH3 is 2. The summed E-state index contributed by atoms with van der Waals surface area (Å²) in [6.07, 6.45) is 1.79. The first-order chi connectivity index (χ1) is 24.5. The zero-order chi connectivity index (χ0) is 37.0. The summed E-state index contributed by atoms with van der Waals surface area (Å²) in [6.45, 7) is 4.00. The lowest BCUT2D eigenvalue weighted by Crippen LogP contribution is -2.53. The second kappa shape index (κ2) is 18.7. The number of amides is 2. The zero-order valence-electron chi connectivity index (χ0n) is 29.1. The number of nitrogens with one attached hydrogen (secondary N) is 1. The van der Waals surface area contributed by atoms with E-state index >= 15 is 0 Å². The minimum atomic E-state index is -4.40. The molecule has 4 rings (SSSR count). The van der Waals surface area contributed by atoms with Crippen molar-refractivity contribution in [2.45, 2.75) is 50.6 Å². The number of carbonyl (C=O) groups is 2. The van der Waals surface area contributed by atoms with Crippen molar-refractivity contribution in [3.05, 3.63) is 112 Å². The molecule has 1 atom stereocenters. The summed E-state index contributed by atoms with van der Waals surface area (Å²) in [7, 11) is -1.55. The molecule has 51 heavy (non-hydrogen) atoms. The molecule has 0 radical (unpaired) electrons. The second-order valence-electron chi connectivity index (χ2n) is 11.6. The Balaban J connectivity index is 1.84. The Labute approximate surface area is 310 Å². The van der Waals surface area contributed by atoms with E-state index in [0.29, 0.717) is 35.2 Å². The molecule has 0 spiro atoms. The van der Waals surface area contributed by atoms with E-state index in [1.165, 1.54) is 37.3 Å². The van der Waals surface area contributed by atoms with Crippen LogP contribution in [0.4, 0.5) is 5.69 Å². The highest BCUT2D eigenvalue weighted by molar-refractivity contribution is 7.92. The standard InChI is InChI=1S/C38H43Cl2N3O7S/c1-5-7-21-41-38(45)34(23-27-11-9-8-10-12-27)42(25-28-13-19-32(39)33(40)22-28)37(44)26-43(29-14-16-30(17-15-29)50-6-2)51(46,47)31-18-20-35(48-3)36(24-31)49-4/h8-20,22,24,34H,5-7,21,23,25-26H2,1-4H3,(H,41,45). The van der Waals surface area contributed by atoms with Crippen molar-refractivity contribution in [2.75, 3.05) is 38.2 Å². The summed E-state index contributed by atoms with van der Waals surface area (Å²) < 4.78 is 46.3. The van der Waals surface area contributed by atoms with Gasteiger partial charge in [0.1, 0.15) is 18.3 Å². The van der Waals surface area contributed by atoms with E-state index in [9.17, 15) is 18.0 Å². The molecule has 2 amide bonds. The Hall–Kier alpha value is -4.45. The van der Waals surface area contributed by atoms with E-state index < -0.39 is 28.5 Å². The summed E-state index contributed by atoms with van der Waals surface area (Å²) in [5.41, 5.74) is 1.64. The van der Waals surface area contributed by atoms with Crippen LogP contribution in [0.15, 0.2) is 95.9 Å². The predicted octanol–water partition coefficient (Wildman–Crippen LogP) is 7.16. The van der Waals surface area contributed by atoms with Gasteiger partial charge in [-0.25, -0.2) is 8.42 Å². The molecule has 1 unspecified atom stereocenters. The molecule has 0 bridgehead atoms. The van der Waals surface area contributed by atoms with E-state index in [1.54, 1.807) is 42.5 Å². The van der Waals surface area contributed by atoms with Gasteiger partial charge < -0.3 is 24.4 Å². The second-order valence-corrected chi connectivity index (χ2v) is 14.3. The predicted molar refractivity (Wildman–Crippen MR) is 201 cm³/mol. The van der Waals surface area contributed by atoms with Gasteiger partial charge in [0.05, 0.1) is 41.5 Å². The first-order valence-electron chi connectivity index (χ1n) is 16.5. The minimum absolute atomic E-state index is 0.0536. The van der Waals surface area contributed by atoms with Gasteiger partial charge in [-0.1, -0.05) is 72.9 Å². The highest BCUT2D eigenvalue weighted by Gasteiger charge is 2.35. The molecule has 10 nitrogen and oxygen atoms in total. The van der Waals surface area contributed by atoms with Crippen LogP contribution in [-0.4, -0.2) is 65.1 Å². The van der Waals surface area contributed by atoms with E-state index in [-0.39, 0.29) is 40.2 Å². The third-order valence-corrected chi connectivity index (χ3v) is 10.6. The number of carbonyl (C=O) groups excluding carboxylic acids is 2. The van der Waals surface area contributed by atoms with E-state index in [2.05, 4.69) is 5.32 Å². The van der Waals surface area contributed by atoms with Gasteiger partial charge in [-0.15, -0.1) is 0 Å². The van der Waals surface area contributed by atoms with Crippen molar-refractivity contribution in [1.29, 1.82) is 0 Å². The van der Waals surface area contributed by atoms with Crippen LogP contribution in [0.3, 0.4) is 0 Å². The molecule has 272 valence electrons. The van der Waals surface area contributed by atoms with E-state index in [4.69, 9.17) is 37.4 Å². The Morgan fingerprint density at radius 3 is 2.16 bits per heavy atom. The highest BCUT2D eigenvalue weighted by Crippen LogP contribution is 2.33. The normalized spacial score (nSPS) is 11.7. The summed E-state index contributed by atoms with van der Waals surface area (Å²) in [4.78, 5) is 30.0. The highest BCUT2D eigenvalue weighted by atomic mass is 35.5. The van der Waals surface area contributed by atoms with Gasteiger partial charge in [-0.05, 0) is 73.0 Å². The van der Waals surface area contributed by atoms with Gasteiger partial charge in [0.15, 0.2) is 11.5 Å². The molecular formula is C38H43Cl2N3O7S. The number of anilines is 1. The largest absolute Gasteiger partial charge is 0.494 e. The molecule has 0 heterocycles. The van der Waals surface area contributed by atoms with Crippen molar-refractivity contribution in [2.24, 2.45) is 0 Å². The van der Waals surface area contributed by atoms with Crippen molar-refractivity contribution < 1.29 is 32.2 Å². The summed E-state index contributed by atoms with van der Waals surface area (Å²) in [5, 5.41) is 3.59. The van der Waals surface area contributed by atoms with Crippen LogP contribution in [0.1, 0.15) is 37.8 Å². The van der Waals surface area contributed by atoms with Crippen molar-refractivity contribution in [3.8, 4) is 17.2 Å². The lowest BCUT2D eigenvalue weighted by atomic mass is 10.0. The average molecular weight is 757 g/mol. The topological polar surface area (TPSA) is 114 Å². The number of hydrogen-bond donors (Lipinski definition) is 1. The molecule has 0 saturated heterocycles. The van der Waals surface area contributed by atoms with Crippen LogP contribution >= 0.6 is 23.2 Å². The third kappa shape index (κ3) is 10.3. The Kier molecular flexibility index (Phi) is 14.4. The van der Waals surface area contributed by atoms with Crippen LogP contribution in [0.5, 0.6) is 17.2 Å². The molecule has 0 aliphatic rings. The summed E-state index contributed by atoms with van der Waals surface area (Å²) in [5.74, 6) is 0.0841. The summed E-state index contributed by atoms with van der Waals surface area (Å²) >= 11 is 12.6. The van der Waals surface area contributed by atoms with Gasteiger partial charge in [-0.2, -0.15) is 0 Å². The third-order valence-electron chi connectivity index (χ3n) is 8.10. The Morgan fingerprint density at radius 2 is 1.53 bits per heavy atom. The smallest absolute Gasteiger partial charge is 0.264 e. The van der Waals surface area contributed by atoms with Crippen molar-refractivity contribution in [1.82, 2.24) is 10.2 Å². The van der Waals surface area contributed by atoms with Crippen LogP contribution in [0.25, 0.3) is 0 Å². The van der Waals surface area contributed by atoms with Gasteiger partial charge in [0, 0.05) is 25.6 Å². The van der Waals surface area contributed by atoms with Crippen LogP contribution in [0.2, 0.25) is 10.0 Å². The first-order valence-corrected chi connectivity index (χ1v) is 18.7. The number of hydrogen-bond acceptors (Lipinski definition) is 7. The van der Waals surface area contributed by atoms with E-state index in [1.807, 2.05) is 44.2 Å². The number of rotatable bonds is 18. The molecule has 4 aromatic rings. The fourth-order valence-electron chi connectivity index (χ4n) is 5.40. The van der Waals surface area contributed by atoms with Crippen molar-refractivity contribution in [3.63, 3.8) is 0 Å². The zero-order valence-corrected chi connectivity index (χ0v) is 31.4. The number of halogens is 2. The lowest BCUT2D eigenvalue weighted by molar-refractivity contribution is -0.140. The maximum Gasteiger partial charge on any atom is 0.264 e.